The molecule has 2 aromatic carbocycles. The highest BCUT2D eigenvalue weighted by Crippen LogP contribution is 2.25. The van der Waals surface area contributed by atoms with Gasteiger partial charge < -0.3 is 14.4 Å². The molecule has 0 aliphatic carbocycles. The van der Waals surface area contributed by atoms with Gasteiger partial charge in [0.15, 0.2) is 5.82 Å². The van der Waals surface area contributed by atoms with Gasteiger partial charge in [-0.15, -0.1) is 0 Å². The Morgan fingerprint density at radius 1 is 1.17 bits per heavy atom. The Hall–Kier alpha value is -2.83. The van der Waals surface area contributed by atoms with Crippen LogP contribution in [0.2, 0.25) is 10.0 Å². The number of carbonyl (C=O) groups is 1. The number of hydrogen-bond acceptors (Lipinski definition) is 4. The molecule has 148 valence electrons. The van der Waals surface area contributed by atoms with E-state index in [0.29, 0.717) is 34.7 Å². The Morgan fingerprint density at radius 2 is 2.00 bits per heavy atom. The zero-order valence-electron chi connectivity index (χ0n) is 15.7. The van der Waals surface area contributed by atoms with Gasteiger partial charge in [-0.3, -0.25) is 4.79 Å². The zero-order valence-corrected chi connectivity index (χ0v) is 17.2. The Kier molecular flexibility index (Phi) is 5.56. The van der Waals surface area contributed by atoms with Crippen molar-refractivity contribution in [2.75, 3.05) is 13.6 Å². The van der Waals surface area contributed by atoms with Crippen LogP contribution in [-0.4, -0.2) is 39.5 Å². The van der Waals surface area contributed by atoms with Crippen molar-refractivity contribution in [1.29, 1.82) is 0 Å². The number of H-pyrrole nitrogens is 1. The molecule has 2 heterocycles. The summed E-state index contributed by atoms with van der Waals surface area (Å²) in [5.74, 6) is 0.917. The molecular formula is C21H18Cl2N4O2. The number of rotatable bonds is 6. The molecule has 0 unspecified atom stereocenters. The molecule has 6 nitrogen and oxygen atoms in total. The van der Waals surface area contributed by atoms with Crippen molar-refractivity contribution < 1.29 is 9.32 Å². The first-order valence-corrected chi connectivity index (χ1v) is 9.84. The number of fused-ring (bicyclic) bond motifs is 1. The van der Waals surface area contributed by atoms with Crippen molar-refractivity contribution >= 4 is 40.0 Å². The van der Waals surface area contributed by atoms with E-state index >= 15 is 0 Å². The van der Waals surface area contributed by atoms with Crippen molar-refractivity contribution in [2.24, 2.45) is 0 Å². The first-order chi connectivity index (χ1) is 14.0. The van der Waals surface area contributed by atoms with E-state index < -0.39 is 0 Å². The van der Waals surface area contributed by atoms with E-state index in [-0.39, 0.29) is 12.3 Å². The highest BCUT2D eigenvalue weighted by atomic mass is 35.5. The molecule has 2 aromatic heterocycles. The molecule has 0 fully saturated rings. The van der Waals surface area contributed by atoms with E-state index in [2.05, 4.69) is 15.1 Å². The largest absolute Gasteiger partial charge is 0.351 e. The summed E-state index contributed by atoms with van der Waals surface area (Å²) >= 11 is 12.2. The van der Waals surface area contributed by atoms with Gasteiger partial charge in [0.2, 0.25) is 5.91 Å². The maximum atomic E-state index is 12.4. The summed E-state index contributed by atoms with van der Waals surface area (Å²) in [4.78, 5) is 21.7. The van der Waals surface area contributed by atoms with E-state index in [0.717, 1.165) is 22.2 Å². The molecule has 1 amide bonds. The highest BCUT2D eigenvalue weighted by Gasteiger charge is 2.15. The predicted molar refractivity (Wildman–Crippen MR) is 113 cm³/mol. The zero-order chi connectivity index (χ0) is 20.4. The average Bonchev–Trinajstić information content (AvgIpc) is 3.34. The second-order valence-corrected chi connectivity index (χ2v) is 7.61. The van der Waals surface area contributed by atoms with Crippen LogP contribution in [0.4, 0.5) is 0 Å². The number of hydrogen-bond donors (Lipinski definition) is 1. The summed E-state index contributed by atoms with van der Waals surface area (Å²) in [7, 11) is 1.75. The number of nitrogens with one attached hydrogen (secondary N) is 1. The number of aromatic amines is 1. The van der Waals surface area contributed by atoms with Gasteiger partial charge in [-0.1, -0.05) is 46.6 Å². The first kappa shape index (κ1) is 19.5. The monoisotopic (exact) mass is 428 g/mol. The van der Waals surface area contributed by atoms with E-state index in [1.807, 2.05) is 42.5 Å². The Labute approximate surface area is 177 Å². The maximum absolute atomic E-state index is 12.4. The fraction of sp³-hybridized carbons (Fsp3) is 0.190. The SMILES string of the molecule is CN(CCc1noc(-c2cc3cc(Cl)ccc3[nH]2)n1)C(=O)Cc1ccccc1Cl. The standard InChI is InChI=1S/C21H18Cl2N4O2/c1-27(20(28)12-13-4-2-3-5-16(13)23)9-8-19-25-21(29-26-19)18-11-14-10-15(22)6-7-17(14)24-18/h2-7,10-11,24H,8-9,12H2,1H3. The molecule has 0 saturated carbocycles. The smallest absolute Gasteiger partial charge is 0.274 e. The van der Waals surface area contributed by atoms with Crippen LogP contribution in [-0.2, 0) is 17.6 Å². The minimum atomic E-state index is -0.0192. The summed E-state index contributed by atoms with van der Waals surface area (Å²) in [5, 5.41) is 6.25. The Morgan fingerprint density at radius 3 is 2.83 bits per heavy atom. The van der Waals surface area contributed by atoms with Crippen molar-refractivity contribution in [3.63, 3.8) is 0 Å². The number of likely N-dealkylation sites (N-methyl/N-ethyl adjacent to an activating group) is 1. The van der Waals surface area contributed by atoms with Crippen molar-refractivity contribution in [2.45, 2.75) is 12.8 Å². The summed E-state index contributed by atoms with van der Waals surface area (Å²) < 4.78 is 5.37. The highest BCUT2D eigenvalue weighted by molar-refractivity contribution is 6.31. The molecule has 0 saturated heterocycles. The number of benzene rings is 2. The lowest BCUT2D eigenvalue weighted by Crippen LogP contribution is -2.30. The summed E-state index contributed by atoms with van der Waals surface area (Å²) in [6.45, 7) is 0.477. The topological polar surface area (TPSA) is 75.0 Å². The normalized spacial score (nSPS) is 11.1. The van der Waals surface area contributed by atoms with Crippen molar-refractivity contribution in [1.82, 2.24) is 20.0 Å². The minimum Gasteiger partial charge on any atom is -0.351 e. The lowest BCUT2D eigenvalue weighted by Gasteiger charge is -2.16. The Bertz CT molecular complexity index is 1170. The molecule has 0 aliphatic rings. The molecule has 1 N–H and O–H groups in total. The molecule has 4 aromatic rings. The third kappa shape index (κ3) is 4.44. The molecule has 29 heavy (non-hydrogen) atoms. The van der Waals surface area contributed by atoms with Crippen LogP contribution in [0.25, 0.3) is 22.5 Å². The van der Waals surface area contributed by atoms with Crippen LogP contribution in [0.3, 0.4) is 0 Å². The molecule has 8 heteroatoms. The maximum Gasteiger partial charge on any atom is 0.274 e. The number of amides is 1. The summed E-state index contributed by atoms with van der Waals surface area (Å²) in [5.41, 5.74) is 2.48. The fourth-order valence-corrected chi connectivity index (χ4v) is 3.40. The predicted octanol–water partition coefficient (Wildman–Crippen LogP) is 4.77. The molecule has 0 atom stereocenters. The number of aromatic nitrogens is 3. The lowest BCUT2D eigenvalue weighted by atomic mass is 10.1. The van der Waals surface area contributed by atoms with Gasteiger partial charge in [0, 0.05) is 41.0 Å². The second kappa shape index (κ2) is 8.27. The van der Waals surface area contributed by atoms with Crippen LogP contribution in [0, 0.1) is 0 Å². The van der Waals surface area contributed by atoms with E-state index in [1.54, 1.807) is 18.0 Å². The third-order valence-electron chi connectivity index (χ3n) is 4.68. The number of halogens is 2. The van der Waals surface area contributed by atoms with Crippen molar-refractivity contribution in [3.8, 4) is 11.6 Å². The lowest BCUT2D eigenvalue weighted by molar-refractivity contribution is -0.129. The van der Waals surface area contributed by atoms with Crippen molar-refractivity contribution in [3.05, 3.63) is 70.0 Å². The second-order valence-electron chi connectivity index (χ2n) is 6.76. The number of nitrogens with zero attached hydrogens (tertiary/aromatic N) is 3. The molecule has 4 rings (SSSR count). The Balaban J connectivity index is 1.38. The fourth-order valence-electron chi connectivity index (χ4n) is 3.02. The van der Waals surface area contributed by atoms with Gasteiger partial charge in [0.1, 0.15) is 5.69 Å². The van der Waals surface area contributed by atoms with Crippen LogP contribution < -0.4 is 0 Å². The molecular weight excluding hydrogens is 411 g/mol. The van der Waals surface area contributed by atoms with E-state index in [9.17, 15) is 4.79 Å². The van der Waals surface area contributed by atoms with Crippen LogP contribution in [0.1, 0.15) is 11.4 Å². The van der Waals surface area contributed by atoms with Gasteiger partial charge in [0.25, 0.3) is 5.89 Å². The van der Waals surface area contributed by atoms with E-state index in [4.69, 9.17) is 27.7 Å². The average molecular weight is 429 g/mol. The van der Waals surface area contributed by atoms with Gasteiger partial charge in [-0.05, 0) is 35.9 Å². The third-order valence-corrected chi connectivity index (χ3v) is 5.28. The molecule has 0 aliphatic heterocycles. The minimum absolute atomic E-state index is 0.0192. The van der Waals surface area contributed by atoms with Gasteiger partial charge in [0.05, 0.1) is 6.42 Å². The van der Waals surface area contributed by atoms with Crippen LogP contribution in [0.5, 0.6) is 0 Å². The van der Waals surface area contributed by atoms with Gasteiger partial charge in [-0.2, -0.15) is 4.98 Å². The molecule has 0 bridgehead atoms. The molecule has 0 radical (unpaired) electrons. The first-order valence-electron chi connectivity index (χ1n) is 9.08. The summed E-state index contributed by atoms with van der Waals surface area (Å²) in [6.07, 6.45) is 0.742. The van der Waals surface area contributed by atoms with Crippen LogP contribution in [0.15, 0.2) is 53.1 Å². The van der Waals surface area contributed by atoms with Gasteiger partial charge in [-0.25, -0.2) is 0 Å². The van der Waals surface area contributed by atoms with Gasteiger partial charge >= 0.3 is 0 Å². The van der Waals surface area contributed by atoms with E-state index in [1.165, 1.54) is 0 Å². The quantitative estimate of drug-likeness (QED) is 0.479. The van der Waals surface area contributed by atoms with Crippen LogP contribution >= 0.6 is 23.2 Å². The summed E-state index contributed by atoms with van der Waals surface area (Å²) in [6, 6.07) is 14.8. The number of carbonyl (C=O) groups excluding carboxylic acids is 1. The molecule has 0 spiro atoms.